The first kappa shape index (κ1) is 20.0. The van der Waals surface area contributed by atoms with Crippen LogP contribution >= 0.6 is 34.5 Å². The first-order chi connectivity index (χ1) is 11.9. The molecular weight excluding hydrogens is 413 g/mol. The van der Waals surface area contributed by atoms with Gasteiger partial charge in [-0.05, 0) is 24.6 Å². The third-order valence-electron chi connectivity index (χ3n) is 2.95. The van der Waals surface area contributed by atoms with E-state index in [1.54, 1.807) is 18.2 Å². The Bertz CT molecular complexity index is 816. The lowest BCUT2D eigenvalue weighted by molar-refractivity contribution is -0.469. The number of hydrogen-bond donors (Lipinski definition) is 0. The summed E-state index contributed by atoms with van der Waals surface area (Å²) in [6.45, 7) is -0.0462. The van der Waals surface area contributed by atoms with E-state index in [2.05, 4.69) is 4.98 Å². The fourth-order valence-electron chi connectivity index (χ4n) is 1.82. The molecule has 1 aromatic carbocycles. The Kier molecular flexibility index (Phi) is 7.49. The minimum atomic E-state index is -1.80. The van der Waals surface area contributed by atoms with Crippen LogP contribution in [0, 0.1) is 5.21 Å². The van der Waals surface area contributed by atoms with Crippen LogP contribution in [-0.2, 0) is 17.3 Å². The summed E-state index contributed by atoms with van der Waals surface area (Å²) in [5, 5.41) is 12.8. The van der Waals surface area contributed by atoms with Crippen molar-refractivity contribution in [3.05, 3.63) is 62.2 Å². The van der Waals surface area contributed by atoms with E-state index < -0.39 is 16.9 Å². The number of benzene rings is 1. The molecule has 0 fully saturated rings. The highest BCUT2D eigenvalue weighted by Gasteiger charge is 2.12. The van der Waals surface area contributed by atoms with Crippen molar-refractivity contribution in [2.45, 2.75) is 17.3 Å². The Labute approximate surface area is 159 Å². The van der Waals surface area contributed by atoms with Gasteiger partial charge in [-0.25, -0.2) is 9.72 Å². The van der Waals surface area contributed by atoms with Gasteiger partial charge in [0.1, 0.15) is 4.88 Å². The topological polar surface area (TPSA) is 56.0 Å². The highest BCUT2D eigenvalue weighted by atomic mass is 35.5. The number of halogens is 4. The molecule has 0 aliphatic carbocycles. The van der Waals surface area contributed by atoms with Crippen LogP contribution < -0.4 is 0 Å². The zero-order valence-corrected chi connectivity index (χ0v) is 15.8. The summed E-state index contributed by atoms with van der Waals surface area (Å²) in [6.07, 6.45) is 1.60. The molecule has 2 rings (SSSR count). The van der Waals surface area contributed by atoms with E-state index in [-0.39, 0.29) is 23.1 Å². The smallest absolute Gasteiger partial charge is 0.266 e. The minimum Gasteiger partial charge on any atom is -0.624 e. The van der Waals surface area contributed by atoms with E-state index in [0.717, 1.165) is 11.3 Å². The summed E-state index contributed by atoms with van der Waals surface area (Å²) >= 11 is 13.1. The van der Waals surface area contributed by atoms with Gasteiger partial charge in [0.15, 0.2) is 17.1 Å². The number of nitrogens with zero attached hydrogens (tertiary/aromatic N) is 2. The van der Waals surface area contributed by atoms with E-state index in [1.807, 2.05) is 0 Å². The molecule has 10 heteroatoms. The molecule has 0 aliphatic rings. The van der Waals surface area contributed by atoms with Crippen LogP contribution in [0.25, 0.3) is 0 Å². The molecule has 0 aliphatic heterocycles. The summed E-state index contributed by atoms with van der Waals surface area (Å²) in [7, 11) is -1.49. The van der Waals surface area contributed by atoms with Gasteiger partial charge in [-0.2, -0.15) is 8.78 Å². The van der Waals surface area contributed by atoms with Crippen LogP contribution in [0.5, 0.6) is 0 Å². The molecule has 0 saturated carbocycles. The van der Waals surface area contributed by atoms with Gasteiger partial charge in [-0.3, -0.25) is 4.21 Å². The minimum absolute atomic E-state index is 0.00768. The highest BCUT2D eigenvalue weighted by Crippen LogP contribution is 2.25. The molecule has 1 aromatic heterocycles. The number of hydroxylamine groups is 1. The molecular formula is C15H12Cl2F2N2O2S2. The number of aromatic nitrogens is 1. The molecule has 25 heavy (non-hydrogen) atoms. The Hall–Kier alpha value is -1.35. The fourth-order valence-corrected chi connectivity index (χ4v) is 4.51. The molecule has 0 bridgehead atoms. The van der Waals surface area contributed by atoms with E-state index in [1.165, 1.54) is 12.4 Å². The van der Waals surface area contributed by atoms with Crippen molar-refractivity contribution in [3.63, 3.8) is 0 Å². The van der Waals surface area contributed by atoms with Crippen LogP contribution in [0.3, 0.4) is 0 Å². The molecule has 2 aromatic rings. The maximum Gasteiger partial charge on any atom is 0.266 e. The van der Waals surface area contributed by atoms with Crippen molar-refractivity contribution in [1.29, 1.82) is 0 Å². The molecule has 0 N–H and O–H groups in total. The van der Waals surface area contributed by atoms with Crippen molar-refractivity contribution < 1.29 is 17.7 Å². The second kappa shape index (κ2) is 9.38. The van der Waals surface area contributed by atoms with Gasteiger partial charge in [0, 0.05) is 5.75 Å². The number of hydrogen-bond acceptors (Lipinski definition) is 4. The van der Waals surface area contributed by atoms with Crippen LogP contribution in [0.2, 0.25) is 10.0 Å². The lowest BCUT2D eigenvalue weighted by atomic mass is 10.2. The predicted octanol–water partition coefficient (Wildman–Crippen LogP) is 4.86. The van der Waals surface area contributed by atoms with Crippen LogP contribution in [0.4, 0.5) is 8.78 Å². The average Bonchev–Trinajstić information content (AvgIpc) is 2.99. The van der Waals surface area contributed by atoms with Gasteiger partial charge in [-0.1, -0.05) is 40.6 Å². The highest BCUT2D eigenvalue weighted by molar-refractivity contribution is 7.87. The Morgan fingerprint density at radius 1 is 1.36 bits per heavy atom. The molecule has 134 valence electrons. The molecule has 0 radical (unpaired) electrons. The Morgan fingerprint density at radius 3 is 2.68 bits per heavy atom. The second-order valence-electron chi connectivity index (χ2n) is 4.77. The van der Waals surface area contributed by atoms with Gasteiger partial charge >= 0.3 is 0 Å². The maximum atomic E-state index is 12.1. The summed E-state index contributed by atoms with van der Waals surface area (Å²) in [5.74, 6) is 0.0423. The first-order valence-corrected chi connectivity index (χ1v) is 9.83. The van der Waals surface area contributed by atoms with Crippen molar-refractivity contribution in [3.8, 4) is 0 Å². The van der Waals surface area contributed by atoms with Gasteiger partial charge in [-0.15, -0.1) is 0 Å². The van der Waals surface area contributed by atoms with Crippen molar-refractivity contribution in [1.82, 2.24) is 4.98 Å². The quantitative estimate of drug-likeness (QED) is 0.276. The standard InChI is InChI=1S/C15H12Cl2F2N2O2S2/c16-12-3-1-4-13(17)11(12)9-21(22)8-10-7-20-15(24-10)25(23)6-2-5-14(18)19/h1,3-5,7-8H,2,6,9H2/b21-8-. The van der Waals surface area contributed by atoms with Crippen LogP contribution in [0.1, 0.15) is 16.9 Å². The first-order valence-electron chi connectivity index (χ1n) is 6.93. The third kappa shape index (κ3) is 6.14. The van der Waals surface area contributed by atoms with E-state index in [0.29, 0.717) is 31.3 Å². The van der Waals surface area contributed by atoms with Gasteiger partial charge in [0.05, 0.1) is 32.6 Å². The zero-order valence-electron chi connectivity index (χ0n) is 12.6. The van der Waals surface area contributed by atoms with Gasteiger partial charge in [0.2, 0.25) is 0 Å². The number of thiazole rings is 1. The number of allylic oxidation sites excluding steroid dienone is 1. The van der Waals surface area contributed by atoms with E-state index in [9.17, 15) is 18.2 Å². The van der Waals surface area contributed by atoms with Crippen molar-refractivity contribution in [2.24, 2.45) is 0 Å². The number of rotatable bonds is 7. The molecule has 0 saturated heterocycles. The molecule has 0 amide bonds. The molecule has 1 unspecified atom stereocenters. The zero-order chi connectivity index (χ0) is 18.4. The normalized spacial score (nSPS) is 12.9. The monoisotopic (exact) mass is 424 g/mol. The van der Waals surface area contributed by atoms with Gasteiger partial charge < -0.3 is 5.21 Å². The fraction of sp³-hybridized carbons (Fsp3) is 0.200. The van der Waals surface area contributed by atoms with E-state index in [4.69, 9.17) is 23.2 Å². The Balaban J connectivity index is 2.05. The van der Waals surface area contributed by atoms with Crippen LogP contribution in [0.15, 0.2) is 40.9 Å². The summed E-state index contributed by atoms with van der Waals surface area (Å²) in [5.41, 5.74) is 0.505. The Morgan fingerprint density at radius 2 is 2.04 bits per heavy atom. The van der Waals surface area contributed by atoms with E-state index >= 15 is 0 Å². The summed E-state index contributed by atoms with van der Waals surface area (Å²) in [6, 6.07) is 4.96. The summed E-state index contributed by atoms with van der Waals surface area (Å²) in [4.78, 5) is 4.46. The second-order valence-corrected chi connectivity index (χ2v) is 8.39. The average molecular weight is 425 g/mol. The molecule has 0 spiro atoms. The lowest BCUT2D eigenvalue weighted by Gasteiger charge is -2.07. The molecule has 4 nitrogen and oxygen atoms in total. The molecule has 1 atom stereocenters. The maximum absolute atomic E-state index is 12.1. The van der Waals surface area contributed by atoms with Crippen molar-refractivity contribution >= 4 is 51.6 Å². The van der Waals surface area contributed by atoms with Crippen LogP contribution in [-0.4, -0.2) is 25.9 Å². The summed E-state index contributed by atoms with van der Waals surface area (Å²) < 4.78 is 36.8. The third-order valence-corrected chi connectivity index (χ3v) is 6.29. The SMILES string of the molecule is O=S(CCC=C(F)F)c1ncc(/C=[N+](\[O-])Cc2c(Cl)cccc2Cl)s1. The molecule has 1 heterocycles. The van der Waals surface area contributed by atoms with Gasteiger partial charge in [0.25, 0.3) is 6.08 Å². The largest absolute Gasteiger partial charge is 0.624 e. The lowest BCUT2D eigenvalue weighted by Crippen LogP contribution is -2.06. The van der Waals surface area contributed by atoms with Crippen molar-refractivity contribution in [2.75, 3.05) is 5.75 Å². The predicted molar refractivity (Wildman–Crippen MR) is 97.3 cm³/mol.